The van der Waals surface area contributed by atoms with Crippen molar-refractivity contribution in [3.8, 4) is 5.69 Å². The maximum Gasteiger partial charge on any atom is 0.166 e. The van der Waals surface area contributed by atoms with E-state index in [-0.39, 0.29) is 0 Å². The third-order valence-corrected chi connectivity index (χ3v) is 3.20. The first-order valence-corrected chi connectivity index (χ1v) is 5.99. The molecule has 0 aliphatic carbocycles. The average molecular weight is 256 g/mol. The number of aldehydes is 1. The van der Waals surface area contributed by atoms with E-state index in [0.717, 1.165) is 22.9 Å². The molecular formula is C15H10ClNO. The van der Waals surface area contributed by atoms with E-state index in [0.29, 0.717) is 10.7 Å². The zero-order valence-corrected chi connectivity index (χ0v) is 10.3. The molecule has 0 aliphatic heterocycles. The fourth-order valence-corrected chi connectivity index (χ4v) is 2.27. The monoisotopic (exact) mass is 255 g/mol. The maximum absolute atomic E-state index is 11.2. The van der Waals surface area contributed by atoms with Gasteiger partial charge in [0.05, 0.1) is 11.2 Å². The van der Waals surface area contributed by atoms with Gasteiger partial charge in [-0.3, -0.25) is 4.79 Å². The Morgan fingerprint density at radius 1 is 1.00 bits per heavy atom. The number of para-hydroxylation sites is 1. The number of aromatic nitrogens is 1. The molecule has 0 N–H and O–H groups in total. The second-order valence-corrected chi connectivity index (χ2v) is 4.49. The fraction of sp³-hybridized carbons (Fsp3) is 0. The molecule has 2 aromatic carbocycles. The molecule has 3 heteroatoms. The van der Waals surface area contributed by atoms with Gasteiger partial charge in [0.1, 0.15) is 0 Å². The summed E-state index contributed by atoms with van der Waals surface area (Å²) in [4.78, 5) is 11.2. The number of hydrogen-bond donors (Lipinski definition) is 0. The van der Waals surface area contributed by atoms with Crippen LogP contribution < -0.4 is 0 Å². The smallest absolute Gasteiger partial charge is 0.166 e. The summed E-state index contributed by atoms with van der Waals surface area (Å²) in [6.07, 6.45) is 0.870. The summed E-state index contributed by atoms with van der Waals surface area (Å²) in [5, 5.41) is 1.73. The van der Waals surface area contributed by atoms with Gasteiger partial charge in [-0.15, -0.1) is 0 Å². The molecule has 88 valence electrons. The second kappa shape index (κ2) is 4.31. The van der Waals surface area contributed by atoms with Gasteiger partial charge in [-0.2, -0.15) is 0 Å². The normalized spacial score (nSPS) is 10.7. The minimum absolute atomic E-state index is 0.638. The average Bonchev–Trinajstić information content (AvgIpc) is 2.78. The molecule has 0 saturated carbocycles. The van der Waals surface area contributed by atoms with Gasteiger partial charge >= 0.3 is 0 Å². The molecule has 0 amide bonds. The highest BCUT2D eigenvalue weighted by Crippen LogP contribution is 2.24. The van der Waals surface area contributed by atoms with Crippen LogP contribution in [0.4, 0.5) is 0 Å². The van der Waals surface area contributed by atoms with Crippen LogP contribution in [0.1, 0.15) is 10.5 Å². The molecule has 3 aromatic rings. The van der Waals surface area contributed by atoms with Gasteiger partial charge in [-0.05, 0) is 36.4 Å². The van der Waals surface area contributed by atoms with E-state index in [2.05, 4.69) is 0 Å². The van der Waals surface area contributed by atoms with Gasteiger partial charge in [-0.25, -0.2) is 0 Å². The van der Waals surface area contributed by atoms with Crippen molar-refractivity contribution in [2.45, 2.75) is 0 Å². The van der Waals surface area contributed by atoms with E-state index in [9.17, 15) is 4.79 Å². The Kier molecular flexibility index (Phi) is 2.65. The molecule has 0 aliphatic rings. The summed E-state index contributed by atoms with van der Waals surface area (Å²) in [6.45, 7) is 0. The topological polar surface area (TPSA) is 22.0 Å². The summed E-state index contributed by atoms with van der Waals surface area (Å²) in [5.41, 5.74) is 2.59. The Hall–Kier alpha value is -2.06. The van der Waals surface area contributed by atoms with Crippen molar-refractivity contribution in [3.05, 3.63) is 65.3 Å². The highest BCUT2D eigenvalue weighted by molar-refractivity contribution is 6.30. The molecule has 0 bridgehead atoms. The van der Waals surface area contributed by atoms with Crippen molar-refractivity contribution in [2.24, 2.45) is 0 Å². The summed E-state index contributed by atoms with van der Waals surface area (Å²) in [5.74, 6) is 0. The Bertz CT molecular complexity index is 713. The first kappa shape index (κ1) is 11.1. The fourth-order valence-electron chi connectivity index (χ4n) is 2.14. The largest absolute Gasteiger partial charge is 0.307 e. The van der Waals surface area contributed by atoms with Gasteiger partial charge in [0.25, 0.3) is 0 Å². The molecular weight excluding hydrogens is 246 g/mol. The SMILES string of the molecule is O=Cc1cc2ccccc2n1-c1ccc(Cl)cc1. The summed E-state index contributed by atoms with van der Waals surface area (Å²) < 4.78 is 1.93. The van der Waals surface area contributed by atoms with Crippen LogP contribution in [0.25, 0.3) is 16.6 Å². The molecule has 0 saturated heterocycles. The van der Waals surface area contributed by atoms with Crippen molar-refractivity contribution in [2.75, 3.05) is 0 Å². The second-order valence-electron chi connectivity index (χ2n) is 4.06. The van der Waals surface area contributed by atoms with E-state index in [1.165, 1.54) is 0 Å². The Labute approximate surface area is 109 Å². The van der Waals surface area contributed by atoms with Crippen LogP contribution in [0.5, 0.6) is 0 Å². The van der Waals surface area contributed by atoms with Crippen molar-refractivity contribution in [1.29, 1.82) is 0 Å². The lowest BCUT2D eigenvalue weighted by Gasteiger charge is -2.07. The first-order valence-electron chi connectivity index (χ1n) is 5.61. The summed E-state index contributed by atoms with van der Waals surface area (Å²) >= 11 is 5.89. The molecule has 0 fully saturated rings. The first-order chi connectivity index (χ1) is 8.79. The number of halogens is 1. The van der Waals surface area contributed by atoms with Gasteiger partial charge in [-0.1, -0.05) is 29.8 Å². The third-order valence-electron chi connectivity index (χ3n) is 2.94. The zero-order valence-electron chi connectivity index (χ0n) is 9.51. The molecule has 2 nitrogen and oxygen atoms in total. The summed E-state index contributed by atoms with van der Waals surface area (Å²) in [7, 11) is 0. The number of nitrogens with zero attached hydrogens (tertiary/aromatic N) is 1. The van der Waals surface area contributed by atoms with Crippen molar-refractivity contribution in [1.82, 2.24) is 4.57 Å². The number of hydrogen-bond acceptors (Lipinski definition) is 1. The Balaban J connectivity index is 2.32. The van der Waals surface area contributed by atoms with E-state index in [1.54, 1.807) is 0 Å². The highest BCUT2D eigenvalue weighted by Gasteiger charge is 2.09. The van der Waals surface area contributed by atoms with Crippen LogP contribution in [0.15, 0.2) is 54.6 Å². The minimum Gasteiger partial charge on any atom is -0.307 e. The molecule has 0 atom stereocenters. The van der Waals surface area contributed by atoms with Crippen LogP contribution in [0.2, 0.25) is 5.02 Å². The van der Waals surface area contributed by atoms with E-state index < -0.39 is 0 Å². The van der Waals surface area contributed by atoms with Crippen molar-refractivity contribution in [3.63, 3.8) is 0 Å². The molecule has 0 radical (unpaired) electrons. The van der Waals surface area contributed by atoms with Gasteiger partial charge < -0.3 is 4.57 Å². The molecule has 18 heavy (non-hydrogen) atoms. The number of benzene rings is 2. The minimum atomic E-state index is 0.638. The molecule has 1 aromatic heterocycles. The lowest BCUT2D eigenvalue weighted by atomic mass is 10.2. The van der Waals surface area contributed by atoms with Crippen LogP contribution in [0, 0.1) is 0 Å². The quantitative estimate of drug-likeness (QED) is 0.632. The van der Waals surface area contributed by atoms with Crippen molar-refractivity contribution >= 4 is 28.8 Å². The molecule has 3 rings (SSSR count). The maximum atomic E-state index is 11.2. The van der Waals surface area contributed by atoms with Crippen molar-refractivity contribution < 1.29 is 4.79 Å². The van der Waals surface area contributed by atoms with Crippen LogP contribution in [-0.4, -0.2) is 10.9 Å². The lowest BCUT2D eigenvalue weighted by Crippen LogP contribution is -1.98. The molecule has 0 spiro atoms. The van der Waals surface area contributed by atoms with Gasteiger partial charge in [0.15, 0.2) is 6.29 Å². The zero-order chi connectivity index (χ0) is 12.5. The lowest BCUT2D eigenvalue weighted by molar-refractivity contribution is 0.111. The van der Waals surface area contributed by atoms with E-state index >= 15 is 0 Å². The van der Waals surface area contributed by atoms with E-state index in [1.807, 2.05) is 59.2 Å². The molecule has 1 heterocycles. The number of carbonyl (C=O) groups excluding carboxylic acids is 1. The third kappa shape index (κ3) is 1.71. The number of carbonyl (C=O) groups is 1. The van der Waals surface area contributed by atoms with E-state index in [4.69, 9.17) is 11.6 Å². The summed E-state index contributed by atoms with van der Waals surface area (Å²) in [6, 6.07) is 17.2. The predicted octanol–water partition coefficient (Wildman–Crippen LogP) is 4.10. The number of rotatable bonds is 2. The predicted molar refractivity (Wildman–Crippen MR) is 73.7 cm³/mol. The Morgan fingerprint density at radius 2 is 1.72 bits per heavy atom. The van der Waals surface area contributed by atoms with Crippen LogP contribution >= 0.6 is 11.6 Å². The standard InChI is InChI=1S/C15H10ClNO/c16-12-5-7-13(8-6-12)17-14(10-18)9-11-3-1-2-4-15(11)17/h1-10H. The highest BCUT2D eigenvalue weighted by atomic mass is 35.5. The number of fused-ring (bicyclic) bond motifs is 1. The van der Waals surface area contributed by atoms with Gasteiger partial charge in [0.2, 0.25) is 0 Å². The molecule has 0 unspecified atom stereocenters. The van der Waals surface area contributed by atoms with Crippen LogP contribution in [0.3, 0.4) is 0 Å². The van der Waals surface area contributed by atoms with Crippen LogP contribution in [-0.2, 0) is 0 Å². The Morgan fingerprint density at radius 3 is 2.44 bits per heavy atom. The van der Waals surface area contributed by atoms with Gasteiger partial charge in [0, 0.05) is 16.1 Å².